The number of nitrogens with one attached hydrogen (secondary N) is 1. The number of aryl methyl sites for hydroxylation is 1. The lowest BCUT2D eigenvalue weighted by Crippen LogP contribution is -2.48. The maximum Gasteiger partial charge on any atom is 0.519 e. The first-order valence-electron chi connectivity index (χ1n) is 7.71. The molecule has 6 nitrogen and oxygen atoms in total. The Kier molecular flexibility index (Phi) is 5.78. The van der Waals surface area contributed by atoms with E-state index in [0.717, 1.165) is 41.8 Å². The molecule has 2 aromatic rings. The summed E-state index contributed by atoms with van der Waals surface area (Å²) in [5.41, 5.74) is 2.05. The number of likely N-dealkylation sites (tertiary alicyclic amines) is 1. The molecule has 0 bridgehead atoms. The van der Waals surface area contributed by atoms with E-state index < -0.39 is 6.36 Å². The van der Waals surface area contributed by atoms with Gasteiger partial charge in [0.25, 0.3) is 0 Å². The highest BCUT2D eigenvalue weighted by Crippen LogP contribution is 2.21. The van der Waals surface area contributed by atoms with Gasteiger partial charge in [-0.2, -0.15) is 0 Å². The molecule has 2 heterocycles. The minimum Gasteiger partial charge on any atom is -0.358 e. The molecule has 136 valence electrons. The van der Waals surface area contributed by atoms with E-state index in [1.165, 1.54) is 6.33 Å². The zero-order valence-corrected chi connectivity index (χ0v) is 13.8. The first-order valence-corrected chi connectivity index (χ1v) is 7.71. The lowest BCUT2D eigenvalue weighted by atomic mass is 10.1. The Bertz CT molecular complexity index is 742. The Hall–Kier alpha value is -2.42. The second-order valence-electron chi connectivity index (χ2n) is 5.76. The van der Waals surface area contributed by atoms with E-state index in [1.807, 2.05) is 36.9 Å². The minimum absolute atomic E-state index is 0.134. The highest BCUT2D eigenvalue weighted by molar-refractivity contribution is 5.92. The lowest BCUT2D eigenvalue weighted by molar-refractivity contribution is -0.295. The van der Waals surface area contributed by atoms with Crippen LogP contribution in [0.1, 0.15) is 18.9 Å². The van der Waals surface area contributed by atoms with Crippen LogP contribution in [0.2, 0.25) is 0 Å². The van der Waals surface area contributed by atoms with E-state index >= 15 is 0 Å². The summed E-state index contributed by atoms with van der Waals surface area (Å²) < 4.78 is 29.7. The van der Waals surface area contributed by atoms with E-state index in [4.69, 9.17) is 5.11 Å². The van der Waals surface area contributed by atoms with Crippen molar-refractivity contribution in [2.75, 3.05) is 18.4 Å². The molecule has 0 aliphatic carbocycles. The number of halogens is 3. The highest BCUT2D eigenvalue weighted by atomic mass is 19.4. The van der Waals surface area contributed by atoms with Crippen LogP contribution in [0.25, 0.3) is 10.9 Å². The van der Waals surface area contributed by atoms with Crippen LogP contribution >= 0.6 is 0 Å². The second kappa shape index (κ2) is 7.64. The molecule has 1 saturated heterocycles. The quantitative estimate of drug-likeness (QED) is 0.883. The van der Waals surface area contributed by atoms with Gasteiger partial charge in [-0.15, -0.1) is 13.2 Å². The van der Waals surface area contributed by atoms with Crippen molar-refractivity contribution in [1.82, 2.24) is 14.9 Å². The Balaban J connectivity index is 0.000000399. The van der Waals surface area contributed by atoms with Crippen molar-refractivity contribution >= 4 is 22.6 Å². The molecular formula is C16H19F3N4O2. The number of aromatic nitrogens is 2. The molecule has 25 heavy (non-hydrogen) atoms. The third kappa shape index (κ3) is 5.56. The number of hydrogen-bond acceptors (Lipinski definition) is 5. The summed E-state index contributed by atoms with van der Waals surface area (Å²) in [5, 5.41) is 10.7. The van der Waals surface area contributed by atoms with Gasteiger partial charge in [-0.3, -0.25) is 4.79 Å². The number of benzene rings is 1. The molecule has 1 aliphatic heterocycles. The Morgan fingerprint density at radius 2 is 1.96 bits per heavy atom. The first kappa shape index (κ1) is 18.9. The van der Waals surface area contributed by atoms with Crippen molar-refractivity contribution in [3.05, 3.63) is 30.1 Å². The normalized spacial score (nSPS) is 15.0. The molecule has 1 fully saturated rings. The molecule has 1 aromatic heterocycles. The number of rotatable bonds is 3. The molecule has 2 N–H and O–H groups in total. The van der Waals surface area contributed by atoms with Crippen LogP contribution in [0.15, 0.2) is 24.5 Å². The number of alkyl halides is 3. The molecule has 0 spiro atoms. The number of nitrogens with zero attached hydrogens (tertiary/aromatic N) is 3. The van der Waals surface area contributed by atoms with Crippen LogP contribution in [-0.2, 0) is 4.79 Å². The fourth-order valence-electron chi connectivity index (χ4n) is 2.36. The number of fused-ring (bicyclic) bond motifs is 1. The molecule has 0 radical (unpaired) electrons. The van der Waals surface area contributed by atoms with Crippen LogP contribution in [-0.4, -0.2) is 51.4 Å². The maximum absolute atomic E-state index is 12.1. The molecule has 1 atom stereocenters. The van der Waals surface area contributed by atoms with Gasteiger partial charge in [0.05, 0.1) is 5.52 Å². The summed E-state index contributed by atoms with van der Waals surface area (Å²) in [6.45, 7) is 5.65. The van der Waals surface area contributed by atoms with Gasteiger partial charge >= 0.3 is 6.36 Å². The summed E-state index contributed by atoms with van der Waals surface area (Å²) >= 11 is 0. The average molecular weight is 356 g/mol. The summed E-state index contributed by atoms with van der Waals surface area (Å²) in [6, 6.07) is 5.77. The Labute approximate surface area is 142 Å². The van der Waals surface area contributed by atoms with E-state index in [1.54, 1.807) is 0 Å². The molecular weight excluding hydrogens is 337 g/mol. The number of carbonyl (C=O) groups is 1. The van der Waals surface area contributed by atoms with Crippen molar-refractivity contribution < 1.29 is 23.1 Å². The van der Waals surface area contributed by atoms with Gasteiger partial charge in [0.2, 0.25) is 5.91 Å². The van der Waals surface area contributed by atoms with E-state index in [2.05, 4.69) is 15.3 Å². The molecule has 1 amide bonds. The fraction of sp³-hybridized carbons (Fsp3) is 0.438. The predicted octanol–water partition coefficient (Wildman–Crippen LogP) is 2.47. The van der Waals surface area contributed by atoms with Gasteiger partial charge in [0.1, 0.15) is 18.2 Å². The van der Waals surface area contributed by atoms with Crippen LogP contribution < -0.4 is 5.32 Å². The van der Waals surface area contributed by atoms with Crippen molar-refractivity contribution in [1.29, 1.82) is 0 Å². The third-order valence-corrected chi connectivity index (χ3v) is 3.68. The van der Waals surface area contributed by atoms with E-state index in [9.17, 15) is 18.0 Å². The first-order chi connectivity index (χ1) is 11.6. The monoisotopic (exact) mass is 356 g/mol. The molecule has 1 aromatic carbocycles. The van der Waals surface area contributed by atoms with Gasteiger partial charge in [0, 0.05) is 18.5 Å². The highest BCUT2D eigenvalue weighted by Gasteiger charge is 2.25. The molecule has 1 aliphatic rings. The molecule has 3 rings (SSSR count). The second-order valence-corrected chi connectivity index (χ2v) is 5.76. The Morgan fingerprint density at radius 3 is 2.52 bits per heavy atom. The molecule has 0 saturated carbocycles. The fourth-order valence-corrected chi connectivity index (χ4v) is 2.36. The standard InChI is InChI=1S/C15H18N4O.CHF3O/c1-10-4-5-12-13(8-10)16-9-17-14(12)18-11(2)15(20)19-6-3-7-19;2-1(3,4)5/h4-5,8-9,11H,3,6-7H2,1-2H3,(H,16,17,18);5H/t11-;/m1./s1. The van der Waals surface area contributed by atoms with Gasteiger partial charge in [-0.1, -0.05) is 6.07 Å². The summed E-state index contributed by atoms with van der Waals surface area (Å²) in [5.74, 6) is 0.853. The van der Waals surface area contributed by atoms with Crippen molar-refractivity contribution in [2.45, 2.75) is 32.7 Å². The minimum atomic E-state index is -5.00. The predicted molar refractivity (Wildman–Crippen MR) is 86.8 cm³/mol. The number of hydrogen-bond donors (Lipinski definition) is 2. The van der Waals surface area contributed by atoms with Crippen LogP contribution in [0.5, 0.6) is 0 Å². The van der Waals surface area contributed by atoms with Crippen molar-refractivity contribution in [3.8, 4) is 0 Å². The zero-order valence-electron chi connectivity index (χ0n) is 13.8. The van der Waals surface area contributed by atoms with Gasteiger partial charge < -0.3 is 15.3 Å². The SMILES string of the molecule is Cc1ccc2c(N[C@H](C)C(=O)N3CCC3)ncnc2c1.OC(F)(F)F. The third-order valence-electron chi connectivity index (χ3n) is 3.68. The topological polar surface area (TPSA) is 78.4 Å². The maximum atomic E-state index is 12.1. The number of amides is 1. The number of carbonyl (C=O) groups excluding carboxylic acids is 1. The molecule has 0 unspecified atom stereocenters. The number of aliphatic hydroxyl groups is 1. The lowest BCUT2D eigenvalue weighted by Gasteiger charge is -2.33. The summed E-state index contributed by atoms with van der Waals surface area (Å²) in [7, 11) is 0. The van der Waals surface area contributed by atoms with E-state index in [0.29, 0.717) is 0 Å². The summed E-state index contributed by atoms with van der Waals surface area (Å²) in [6.07, 6.45) is -2.36. The van der Waals surface area contributed by atoms with Gasteiger partial charge in [0.15, 0.2) is 0 Å². The largest absolute Gasteiger partial charge is 0.519 e. The Morgan fingerprint density at radius 1 is 1.32 bits per heavy atom. The van der Waals surface area contributed by atoms with Crippen LogP contribution in [0.4, 0.5) is 19.0 Å². The van der Waals surface area contributed by atoms with Crippen molar-refractivity contribution in [2.24, 2.45) is 0 Å². The van der Waals surface area contributed by atoms with Crippen LogP contribution in [0.3, 0.4) is 0 Å². The van der Waals surface area contributed by atoms with E-state index in [-0.39, 0.29) is 11.9 Å². The van der Waals surface area contributed by atoms with Crippen LogP contribution in [0, 0.1) is 6.92 Å². The number of anilines is 1. The smallest absolute Gasteiger partial charge is 0.358 e. The average Bonchev–Trinajstić information content (AvgIpc) is 2.43. The molecule has 9 heteroatoms. The summed E-state index contributed by atoms with van der Waals surface area (Å²) in [4.78, 5) is 22.5. The zero-order chi connectivity index (χ0) is 18.6. The van der Waals surface area contributed by atoms with Crippen molar-refractivity contribution in [3.63, 3.8) is 0 Å². The van der Waals surface area contributed by atoms with Gasteiger partial charge in [-0.25, -0.2) is 9.97 Å². The van der Waals surface area contributed by atoms with Gasteiger partial charge in [-0.05, 0) is 38.0 Å².